The van der Waals surface area contributed by atoms with Gasteiger partial charge in [0, 0.05) is 57.7 Å². The average molecular weight is 574 g/mol. The predicted octanol–water partition coefficient (Wildman–Crippen LogP) is 3.37. The van der Waals surface area contributed by atoms with Crippen LogP contribution in [0.4, 0.5) is 17.2 Å². The summed E-state index contributed by atoms with van der Waals surface area (Å²) in [5, 5.41) is 0. The molecule has 0 saturated carbocycles. The zero-order valence-electron chi connectivity index (χ0n) is 25.6. The SMILES string of the molecule is COC(=O)C(C)(C)c1ccc2c(c1)N(CCCN1CCCN(c3cc(=O)n(C)c(=O)n3C)CC1)c1ccccc1CC2. The standard InChI is InChI=1S/C33H43N5O4/c1-33(2,31(40)42-5)26-15-14-25-13-12-24-10-6-7-11-27(24)38(28(25)22-26)19-9-17-36-16-8-18-37(21-20-36)29-23-30(39)35(4)32(41)34(29)3/h6-7,10-11,14-15,22-23H,8-9,12-13,16-21H2,1-5H3. The molecule has 3 heterocycles. The molecule has 0 amide bonds. The number of aryl methyl sites for hydroxylation is 2. The van der Waals surface area contributed by atoms with E-state index < -0.39 is 5.41 Å². The Labute approximate surface area is 247 Å². The number of aromatic nitrogens is 2. The molecule has 0 aliphatic carbocycles. The molecule has 0 atom stereocenters. The molecule has 1 fully saturated rings. The highest BCUT2D eigenvalue weighted by Crippen LogP contribution is 2.39. The van der Waals surface area contributed by atoms with Crippen molar-refractivity contribution in [3.05, 3.63) is 86.1 Å². The second-order valence-corrected chi connectivity index (χ2v) is 12.0. The summed E-state index contributed by atoms with van der Waals surface area (Å²) in [7, 11) is 4.69. The summed E-state index contributed by atoms with van der Waals surface area (Å²) in [5.74, 6) is 0.447. The van der Waals surface area contributed by atoms with E-state index in [2.05, 4.69) is 57.2 Å². The Hall–Kier alpha value is -3.85. The van der Waals surface area contributed by atoms with Gasteiger partial charge in [-0.25, -0.2) is 4.79 Å². The maximum Gasteiger partial charge on any atom is 0.332 e. The Balaban J connectivity index is 1.33. The summed E-state index contributed by atoms with van der Waals surface area (Å²) < 4.78 is 7.84. The number of anilines is 3. The number of methoxy groups -OCH3 is 1. The highest BCUT2D eigenvalue weighted by atomic mass is 16.5. The molecule has 3 aromatic rings. The van der Waals surface area contributed by atoms with Crippen molar-refractivity contribution >= 4 is 23.2 Å². The van der Waals surface area contributed by atoms with Crippen molar-refractivity contribution in [2.75, 3.05) is 56.2 Å². The van der Waals surface area contributed by atoms with Crippen molar-refractivity contribution in [2.24, 2.45) is 14.1 Å². The number of ether oxygens (including phenoxy) is 1. The van der Waals surface area contributed by atoms with Gasteiger partial charge < -0.3 is 19.4 Å². The molecule has 1 aromatic heterocycles. The first-order valence-electron chi connectivity index (χ1n) is 14.9. The number of carbonyl (C=O) groups excluding carboxylic acids is 1. The molecule has 9 heteroatoms. The highest BCUT2D eigenvalue weighted by Gasteiger charge is 2.32. The fourth-order valence-corrected chi connectivity index (χ4v) is 6.31. The molecule has 0 spiro atoms. The Morgan fingerprint density at radius 1 is 0.857 bits per heavy atom. The van der Waals surface area contributed by atoms with Crippen LogP contribution in [0.25, 0.3) is 0 Å². The number of benzene rings is 2. The maximum absolute atomic E-state index is 12.6. The topological polar surface area (TPSA) is 80.0 Å². The number of fused-ring (bicyclic) bond motifs is 2. The van der Waals surface area contributed by atoms with Gasteiger partial charge >= 0.3 is 11.7 Å². The van der Waals surface area contributed by atoms with E-state index >= 15 is 0 Å². The summed E-state index contributed by atoms with van der Waals surface area (Å²) in [6.45, 7) is 9.06. The summed E-state index contributed by atoms with van der Waals surface area (Å²) in [5.41, 5.74) is 4.68. The number of hydrogen-bond donors (Lipinski definition) is 0. The van der Waals surface area contributed by atoms with E-state index in [4.69, 9.17) is 4.74 Å². The molecule has 2 aliphatic rings. The van der Waals surface area contributed by atoms with Crippen LogP contribution in [-0.2, 0) is 41.9 Å². The average Bonchev–Trinajstić information content (AvgIpc) is 3.32. The Bertz CT molecular complexity index is 1570. The van der Waals surface area contributed by atoms with Gasteiger partial charge in [0.2, 0.25) is 0 Å². The zero-order chi connectivity index (χ0) is 30.0. The van der Waals surface area contributed by atoms with Gasteiger partial charge in [-0.05, 0) is 81.4 Å². The molecule has 0 bridgehead atoms. The monoisotopic (exact) mass is 573 g/mol. The largest absolute Gasteiger partial charge is 0.468 e. The van der Waals surface area contributed by atoms with Gasteiger partial charge in [0.15, 0.2) is 0 Å². The van der Waals surface area contributed by atoms with Gasteiger partial charge in [0.25, 0.3) is 5.56 Å². The van der Waals surface area contributed by atoms with Crippen LogP contribution in [0.3, 0.4) is 0 Å². The summed E-state index contributed by atoms with van der Waals surface area (Å²) in [6, 6.07) is 16.7. The number of rotatable bonds is 7. The molecule has 9 nitrogen and oxygen atoms in total. The van der Waals surface area contributed by atoms with Crippen molar-refractivity contribution in [1.82, 2.24) is 14.0 Å². The second kappa shape index (κ2) is 12.2. The van der Waals surface area contributed by atoms with E-state index in [-0.39, 0.29) is 17.2 Å². The van der Waals surface area contributed by atoms with Gasteiger partial charge in [0.05, 0.1) is 12.5 Å². The minimum atomic E-state index is -0.744. The van der Waals surface area contributed by atoms with Crippen molar-refractivity contribution in [3.8, 4) is 0 Å². The van der Waals surface area contributed by atoms with Crippen LogP contribution in [0.1, 0.15) is 43.4 Å². The van der Waals surface area contributed by atoms with E-state index in [0.717, 1.165) is 75.1 Å². The molecule has 2 aromatic carbocycles. The summed E-state index contributed by atoms with van der Waals surface area (Å²) in [6.07, 6.45) is 3.87. The second-order valence-electron chi connectivity index (χ2n) is 12.0. The Morgan fingerprint density at radius 3 is 2.36 bits per heavy atom. The lowest BCUT2D eigenvalue weighted by Gasteiger charge is -2.30. The third kappa shape index (κ3) is 5.75. The van der Waals surface area contributed by atoms with E-state index in [1.54, 1.807) is 17.7 Å². The lowest BCUT2D eigenvalue weighted by atomic mass is 9.83. The van der Waals surface area contributed by atoms with Crippen LogP contribution in [0.5, 0.6) is 0 Å². The number of esters is 1. The molecule has 0 unspecified atom stereocenters. The number of para-hydroxylation sites is 1. The van der Waals surface area contributed by atoms with Crippen molar-refractivity contribution < 1.29 is 9.53 Å². The molecule has 0 N–H and O–H groups in total. The summed E-state index contributed by atoms with van der Waals surface area (Å²) in [4.78, 5) is 44.5. The number of hydrogen-bond acceptors (Lipinski definition) is 7. The molecular formula is C33H43N5O4. The fraction of sp³-hybridized carbons (Fsp3) is 0.485. The fourth-order valence-electron chi connectivity index (χ4n) is 6.31. The zero-order valence-corrected chi connectivity index (χ0v) is 25.6. The third-order valence-corrected chi connectivity index (χ3v) is 9.01. The minimum Gasteiger partial charge on any atom is -0.468 e. The molecule has 224 valence electrons. The molecule has 2 aliphatic heterocycles. The normalized spacial score (nSPS) is 15.9. The van der Waals surface area contributed by atoms with Gasteiger partial charge in [-0.2, -0.15) is 0 Å². The molecular weight excluding hydrogens is 530 g/mol. The van der Waals surface area contributed by atoms with Gasteiger partial charge in [0.1, 0.15) is 5.82 Å². The first kappa shape index (κ1) is 29.6. The lowest BCUT2D eigenvalue weighted by Crippen LogP contribution is -2.41. The first-order chi connectivity index (χ1) is 20.1. The maximum atomic E-state index is 12.6. The van der Waals surface area contributed by atoms with E-state index in [1.165, 1.54) is 36.7 Å². The lowest BCUT2D eigenvalue weighted by molar-refractivity contribution is -0.146. The Morgan fingerprint density at radius 2 is 1.60 bits per heavy atom. The van der Waals surface area contributed by atoms with E-state index in [1.807, 2.05) is 13.8 Å². The molecule has 42 heavy (non-hydrogen) atoms. The molecule has 5 rings (SSSR count). The van der Waals surface area contributed by atoms with Crippen LogP contribution in [0, 0.1) is 0 Å². The van der Waals surface area contributed by atoms with Crippen LogP contribution in [0.2, 0.25) is 0 Å². The predicted molar refractivity (Wildman–Crippen MR) is 167 cm³/mol. The molecule has 0 radical (unpaired) electrons. The van der Waals surface area contributed by atoms with Crippen LogP contribution in [-0.4, -0.2) is 66.4 Å². The highest BCUT2D eigenvalue weighted by molar-refractivity contribution is 5.83. The first-order valence-corrected chi connectivity index (χ1v) is 14.9. The number of carbonyl (C=O) groups is 1. The van der Waals surface area contributed by atoms with Crippen LogP contribution in [0.15, 0.2) is 58.1 Å². The van der Waals surface area contributed by atoms with Crippen molar-refractivity contribution in [1.29, 1.82) is 0 Å². The summed E-state index contributed by atoms with van der Waals surface area (Å²) >= 11 is 0. The van der Waals surface area contributed by atoms with Crippen LogP contribution >= 0.6 is 0 Å². The number of nitrogens with zero attached hydrogens (tertiary/aromatic N) is 5. The van der Waals surface area contributed by atoms with Gasteiger partial charge in [-0.1, -0.05) is 30.3 Å². The minimum absolute atomic E-state index is 0.242. The molecule has 1 saturated heterocycles. The Kier molecular flexibility index (Phi) is 8.59. The van der Waals surface area contributed by atoms with Crippen molar-refractivity contribution in [3.63, 3.8) is 0 Å². The third-order valence-electron chi connectivity index (χ3n) is 9.01. The van der Waals surface area contributed by atoms with E-state index in [0.29, 0.717) is 5.82 Å². The van der Waals surface area contributed by atoms with E-state index in [9.17, 15) is 14.4 Å². The van der Waals surface area contributed by atoms with Gasteiger partial charge in [-0.3, -0.25) is 18.7 Å². The smallest absolute Gasteiger partial charge is 0.332 e. The van der Waals surface area contributed by atoms with Crippen molar-refractivity contribution in [2.45, 2.75) is 44.9 Å². The van der Waals surface area contributed by atoms with Gasteiger partial charge in [-0.15, -0.1) is 0 Å². The van der Waals surface area contributed by atoms with Crippen LogP contribution < -0.4 is 21.0 Å². The quantitative estimate of drug-likeness (QED) is 0.401.